The van der Waals surface area contributed by atoms with Gasteiger partial charge < -0.3 is 104 Å². The molecule has 55 heavy (non-hydrogen) atoms. The summed E-state index contributed by atoms with van der Waals surface area (Å²) in [4.78, 5) is 48.4. The summed E-state index contributed by atoms with van der Waals surface area (Å²) in [5, 5.41) is 125. The first-order chi connectivity index (χ1) is 25.6. The minimum atomic E-state index is -2.40. The molecule has 0 bridgehead atoms. The van der Waals surface area contributed by atoms with Gasteiger partial charge in [0.1, 0.15) is 73.2 Å². The molecule has 0 aromatic heterocycles. The van der Waals surface area contributed by atoms with Gasteiger partial charge >= 0.3 is 23.9 Å². The second-order valence-electron chi connectivity index (χ2n) is 13.6. The third kappa shape index (κ3) is 9.67. The van der Waals surface area contributed by atoms with Crippen LogP contribution in [0.4, 0.5) is 0 Å². The van der Waals surface area contributed by atoms with Crippen LogP contribution in [-0.2, 0) is 61.8 Å². The molecule has 0 amide bonds. The molecule has 4 aliphatic rings. The molecule has 4 rings (SSSR count). The van der Waals surface area contributed by atoms with Crippen LogP contribution in [0.5, 0.6) is 0 Å². The lowest BCUT2D eigenvalue weighted by Gasteiger charge is -2.48. The third-order valence-electron chi connectivity index (χ3n) is 8.86. The van der Waals surface area contributed by atoms with Gasteiger partial charge in [-0.15, -0.1) is 0 Å². The lowest BCUT2D eigenvalue weighted by Crippen LogP contribution is -2.68. The maximum atomic E-state index is 12.3. The number of aliphatic carboxylic acids is 4. The average Bonchev–Trinajstić information content (AvgIpc) is 3.09. The highest BCUT2D eigenvalue weighted by Gasteiger charge is 2.58. The molecule has 0 aromatic rings. The largest absolute Gasteiger partial charge is 0.479 e. The van der Waals surface area contributed by atoms with Crippen molar-refractivity contribution in [2.24, 2.45) is 0 Å². The number of carbonyl (C=O) groups is 4. The molecule has 8 unspecified atom stereocenters. The Morgan fingerprint density at radius 3 is 0.891 bits per heavy atom. The van der Waals surface area contributed by atoms with E-state index in [-0.39, 0.29) is 0 Å². The van der Waals surface area contributed by atoms with Crippen LogP contribution < -0.4 is 0 Å². The number of hydrogen-bond acceptors (Lipinski definition) is 21. The van der Waals surface area contributed by atoms with Gasteiger partial charge in [-0.3, -0.25) is 0 Å². The van der Waals surface area contributed by atoms with E-state index in [4.69, 9.17) is 42.6 Å². The van der Waals surface area contributed by atoms with Crippen molar-refractivity contribution in [2.45, 2.75) is 163 Å². The van der Waals surface area contributed by atoms with E-state index in [2.05, 4.69) is 0 Å². The van der Waals surface area contributed by atoms with Crippen molar-refractivity contribution in [1.82, 2.24) is 0 Å². The first-order valence-corrected chi connectivity index (χ1v) is 16.8. The summed E-state index contributed by atoms with van der Waals surface area (Å²) >= 11 is 0. The van der Waals surface area contributed by atoms with Gasteiger partial charge in [-0.1, -0.05) is 0 Å². The van der Waals surface area contributed by atoms with Crippen molar-refractivity contribution in [3.8, 4) is 0 Å². The monoisotopic (exact) mass is 806 g/mol. The van der Waals surface area contributed by atoms with E-state index < -0.39 is 159 Å². The molecule has 25 nitrogen and oxygen atoms in total. The zero-order valence-electron chi connectivity index (χ0n) is 29.4. The quantitative estimate of drug-likeness (QED) is 0.0776. The Bertz CT molecular complexity index is 1350. The van der Waals surface area contributed by atoms with Crippen molar-refractivity contribution in [2.75, 3.05) is 0 Å². The molecule has 12 N–H and O–H groups in total. The van der Waals surface area contributed by atoms with Gasteiger partial charge in [0.25, 0.3) is 0 Å². The van der Waals surface area contributed by atoms with Crippen LogP contribution in [0.25, 0.3) is 0 Å². The molecule has 0 aliphatic carbocycles. The standard InChI is InChI=1S/C30H46O25/c1-5(2)47-15-7(31)12(36)28(53-19(15)23(39)40)50-17-9(33)14(38)30(55-21(17)25(43)44)51-18-10(34)13(37)29(54-22(18)26(45)46)49-16-8(32)11(35)27(48-6(3)4)52-20(16)24(41)42/h5-22,27-38H,1-4H3,(H,39,40)(H,41,42)(H,43,44)(H,45,46)/t7-,8?,9?,10+,11?,12?,13?,14?,15-,16-,17-,18-,19?,20+,21+,22?,27+,28+,29+,30+/m0/s1. The number of aliphatic hydroxyl groups is 8. The fourth-order valence-corrected chi connectivity index (χ4v) is 6.25. The maximum Gasteiger partial charge on any atom is 0.335 e. The molecule has 4 fully saturated rings. The van der Waals surface area contributed by atoms with E-state index in [0.717, 1.165) is 0 Å². The summed E-state index contributed by atoms with van der Waals surface area (Å²) in [6.07, 6.45) is -44.5. The van der Waals surface area contributed by atoms with Gasteiger partial charge in [-0.05, 0) is 27.7 Å². The number of hydrogen-bond donors (Lipinski definition) is 12. The van der Waals surface area contributed by atoms with E-state index >= 15 is 0 Å². The van der Waals surface area contributed by atoms with Gasteiger partial charge in [0.05, 0.1) is 12.2 Å². The normalized spacial score (nSPS) is 45.3. The molecular weight excluding hydrogens is 760 g/mol. The van der Waals surface area contributed by atoms with Gasteiger partial charge in [-0.25, -0.2) is 19.2 Å². The van der Waals surface area contributed by atoms with Gasteiger partial charge in [-0.2, -0.15) is 0 Å². The summed E-state index contributed by atoms with van der Waals surface area (Å²) in [5.41, 5.74) is 0. The van der Waals surface area contributed by atoms with Crippen molar-refractivity contribution in [3.05, 3.63) is 0 Å². The number of aliphatic hydroxyl groups excluding tert-OH is 8. The van der Waals surface area contributed by atoms with Crippen LogP contribution in [-0.4, -0.2) is 220 Å². The lowest BCUT2D eigenvalue weighted by molar-refractivity contribution is -0.380. The highest BCUT2D eigenvalue weighted by atomic mass is 16.8. The van der Waals surface area contributed by atoms with Crippen LogP contribution in [0.2, 0.25) is 0 Å². The molecular formula is C30H46O25. The Morgan fingerprint density at radius 2 is 0.618 bits per heavy atom. The van der Waals surface area contributed by atoms with Crippen LogP contribution in [0.1, 0.15) is 27.7 Å². The number of carboxylic acid groups (broad SMARTS) is 4. The van der Waals surface area contributed by atoms with E-state index in [1.807, 2.05) is 0 Å². The van der Waals surface area contributed by atoms with Gasteiger partial charge in [0.15, 0.2) is 49.6 Å². The minimum absolute atomic E-state index is 0.611. The van der Waals surface area contributed by atoms with Crippen LogP contribution >= 0.6 is 0 Å². The van der Waals surface area contributed by atoms with Gasteiger partial charge in [0, 0.05) is 0 Å². The summed E-state index contributed by atoms with van der Waals surface area (Å²) in [6.45, 7) is 6.03. The third-order valence-corrected chi connectivity index (χ3v) is 8.86. The van der Waals surface area contributed by atoms with E-state index in [0.29, 0.717) is 0 Å². The second-order valence-corrected chi connectivity index (χ2v) is 13.6. The van der Waals surface area contributed by atoms with Crippen molar-refractivity contribution in [1.29, 1.82) is 0 Å². The molecule has 4 heterocycles. The van der Waals surface area contributed by atoms with E-state index in [1.54, 1.807) is 0 Å². The lowest BCUT2D eigenvalue weighted by atomic mass is 9.95. The zero-order chi connectivity index (χ0) is 41.4. The molecule has 0 saturated carbocycles. The minimum Gasteiger partial charge on any atom is -0.479 e. The summed E-state index contributed by atoms with van der Waals surface area (Å²) < 4.78 is 47.6. The molecule has 4 aliphatic heterocycles. The molecule has 20 atom stereocenters. The zero-order valence-corrected chi connectivity index (χ0v) is 29.4. The van der Waals surface area contributed by atoms with Crippen molar-refractivity contribution < 1.29 is 123 Å². The van der Waals surface area contributed by atoms with E-state index in [1.165, 1.54) is 27.7 Å². The Morgan fingerprint density at radius 1 is 0.382 bits per heavy atom. The number of rotatable bonds is 14. The summed E-state index contributed by atoms with van der Waals surface area (Å²) in [7, 11) is 0. The SMILES string of the molecule is CC(C)O[C@@H]1O[C@@H](C(=O)O)[C@@H](O[C@@H]2OC(C(=O)O)[C@@H](O[C@@H]3O[C@@H](C(=O)O)[C@@H](O[C@@H]4OC(C(=O)O)[C@@H](OC(C)C)[C@@H](O)C4O)C(O)C3O)[C@H](O)C2O)C(O)C1O. The van der Waals surface area contributed by atoms with E-state index in [9.17, 15) is 80.5 Å². The Kier molecular flexibility index (Phi) is 14.9. The van der Waals surface area contributed by atoms with Crippen LogP contribution in [0.15, 0.2) is 0 Å². The Balaban J connectivity index is 1.51. The highest BCUT2D eigenvalue weighted by molar-refractivity contribution is 5.75. The fraction of sp³-hybridized carbons (Fsp3) is 0.867. The van der Waals surface area contributed by atoms with Crippen molar-refractivity contribution in [3.63, 3.8) is 0 Å². The number of carboxylic acids is 4. The second kappa shape index (κ2) is 18.2. The predicted molar refractivity (Wildman–Crippen MR) is 164 cm³/mol. The maximum absolute atomic E-state index is 12.3. The molecule has 0 aromatic carbocycles. The number of ether oxygens (including phenoxy) is 9. The van der Waals surface area contributed by atoms with Crippen molar-refractivity contribution >= 4 is 23.9 Å². The molecule has 0 radical (unpaired) electrons. The smallest absolute Gasteiger partial charge is 0.335 e. The highest BCUT2D eigenvalue weighted by Crippen LogP contribution is 2.35. The topological polar surface area (TPSA) is 394 Å². The molecule has 4 saturated heterocycles. The molecule has 0 spiro atoms. The fourth-order valence-electron chi connectivity index (χ4n) is 6.25. The van der Waals surface area contributed by atoms with Crippen LogP contribution in [0.3, 0.4) is 0 Å². The molecule has 25 heteroatoms. The Labute approximate surface area is 309 Å². The van der Waals surface area contributed by atoms with Gasteiger partial charge in [0.2, 0.25) is 0 Å². The Hall–Kier alpha value is -2.80. The summed E-state index contributed by atoms with van der Waals surface area (Å²) in [5.74, 6) is -7.31. The average molecular weight is 807 g/mol. The van der Waals surface area contributed by atoms with Crippen LogP contribution in [0, 0.1) is 0 Å². The first kappa shape index (κ1) is 44.9. The molecule has 316 valence electrons. The first-order valence-electron chi connectivity index (χ1n) is 16.8. The summed E-state index contributed by atoms with van der Waals surface area (Å²) in [6, 6.07) is 0. The predicted octanol–water partition coefficient (Wildman–Crippen LogP) is -6.51.